The monoisotopic (exact) mass is 206 g/mol. The zero-order valence-corrected chi connectivity index (χ0v) is 9.10. The lowest BCUT2D eigenvalue weighted by Gasteiger charge is -2.08. The maximum absolute atomic E-state index is 10.7. The fourth-order valence-corrected chi connectivity index (χ4v) is 1.85. The maximum Gasteiger partial charge on any atom is 0.305 e. The molecule has 0 heterocycles. The van der Waals surface area contributed by atoms with Crippen molar-refractivity contribution < 1.29 is 14.6 Å². The summed E-state index contributed by atoms with van der Waals surface area (Å²) in [6.45, 7) is 2.32. The lowest BCUT2D eigenvalue weighted by molar-refractivity contribution is -0.140. The van der Waals surface area contributed by atoms with Gasteiger partial charge in [-0.2, -0.15) is 11.8 Å². The highest BCUT2D eigenvalue weighted by molar-refractivity contribution is 7.99. The van der Waals surface area contributed by atoms with Gasteiger partial charge in [0.2, 0.25) is 0 Å². The molecule has 0 aliphatic carbocycles. The number of carbonyl (C=O) groups is 1. The molecule has 1 atom stereocenters. The van der Waals surface area contributed by atoms with E-state index in [4.69, 9.17) is 5.11 Å². The van der Waals surface area contributed by atoms with E-state index in [9.17, 15) is 4.79 Å². The largest absolute Gasteiger partial charge is 0.469 e. The first-order chi connectivity index (χ1) is 6.20. The Hall–Kier alpha value is -0.220. The molecule has 0 bridgehead atoms. The summed E-state index contributed by atoms with van der Waals surface area (Å²) in [5.74, 6) is 0.811. The van der Waals surface area contributed by atoms with Gasteiger partial charge in [0.25, 0.3) is 0 Å². The number of esters is 1. The van der Waals surface area contributed by atoms with Gasteiger partial charge in [-0.3, -0.25) is 4.79 Å². The molecule has 13 heavy (non-hydrogen) atoms. The molecule has 0 aromatic rings. The average molecular weight is 206 g/mol. The van der Waals surface area contributed by atoms with E-state index >= 15 is 0 Å². The quantitative estimate of drug-likeness (QED) is 0.506. The van der Waals surface area contributed by atoms with Crippen LogP contribution in [0, 0.1) is 0 Å². The third-order valence-electron chi connectivity index (χ3n) is 1.69. The van der Waals surface area contributed by atoms with Crippen LogP contribution in [0.5, 0.6) is 0 Å². The lowest BCUT2D eigenvalue weighted by Crippen LogP contribution is -2.03. The first kappa shape index (κ1) is 12.8. The number of hydrogen-bond donors (Lipinski definition) is 1. The predicted molar refractivity (Wildman–Crippen MR) is 54.9 cm³/mol. The van der Waals surface area contributed by atoms with Crippen LogP contribution in [0.25, 0.3) is 0 Å². The molecule has 0 spiro atoms. The molecule has 0 saturated carbocycles. The molecular weight excluding hydrogens is 188 g/mol. The zero-order chi connectivity index (χ0) is 10.1. The van der Waals surface area contributed by atoms with Crippen molar-refractivity contribution in [2.75, 3.05) is 19.5 Å². The summed E-state index contributed by atoms with van der Waals surface area (Å²) in [4.78, 5) is 10.7. The Morgan fingerprint density at radius 2 is 2.31 bits per heavy atom. The van der Waals surface area contributed by atoms with Crippen LogP contribution < -0.4 is 0 Å². The zero-order valence-electron chi connectivity index (χ0n) is 8.28. The lowest BCUT2D eigenvalue weighted by atomic mass is 10.3. The summed E-state index contributed by atoms with van der Waals surface area (Å²) < 4.78 is 4.52. The Bertz CT molecular complexity index is 139. The standard InChI is InChI=1S/C9H18O3S/c1-8(5-6-10)13-7-3-4-9(11)12-2/h8,10H,3-7H2,1-2H3. The van der Waals surface area contributed by atoms with Crippen molar-refractivity contribution in [1.82, 2.24) is 0 Å². The van der Waals surface area contributed by atoms with Crippen molar-refractivity contribution >= 4 is 17.7 Å². The van der Waals surface area contributed by atoms with Gasteiger partial charge in [-0.25, -0.2) is 0 Å². The molecule has 4 heteroatoms. The van der Waals surface area contributed by atoms with Crippen LogP contribution in [0.3, 0.4) is 0 Å². The molecule has 0 aromatic carbocycles. The van der Waals surface area contributed by atoms with Crippen LogP contribution >= 0.6 is 11.8 Å². The molecule has 0 aliphatic rings. The van der Waals surface area contributed by atoms with Crippen LogP contribution in [0.2, 0.25) is 0 Å². The Labute approximate surface area is 83.9 Å². The molecule has 0 saturated heterocycles. The minimum Gasteiger partial charge on any atom is -0.469 e. The van der Waals surface area contributed by atoms with Crippen molar-refractivity contribution in [3.8, 4) is 0 Å². The van der Waals surface area contributed by atoms with Gasteiger partial charge in [-0.05, 0) is 18.6 Å². The van der Waals surface area contributed by atoms with Crippen molar-refractivity contribution in [2.24, 2.45) is 0 Å². The number of aliphatic hydroxyl groups is 1. The van der Waals surface area contributed by atoms with E-state index in [0.717, 1.165) is 18.6 Å². The van der Waals surface area contributed by atoms with Crippen LogP contribution in [0.4, 0.5) is 0 Å². The highest BCUT2D eigenvalue weighted by Gasteiger charge is 2.03. The Morgan fingerprint density at radius 3 is 2.85 bits per heavy atom. The predicted octanol–water partition coefficient (Wildman–Crippen LogP) is 1.44. The van der Waals surface area contributed by atoms with Gasteiger partial charge in [0.1, 0.15) is 0 Å². The van der Waals surface area contributed by atoms with Gasteiger partial charge in [0.15, 0.2) is 0 Å². The van der Waals surface area contributed by atoms with Crippen LogP contribution in [-0.4, -0.2) is 35.8 Å². The number of aliphatic hydroxyl groups excluding tert-OH is 1. The van der Waals surface area contributed by atoms with E-state index in [-0.39, 0.29) is 12.6 Å². The Kier molecular flexibility index (Phi) is 8.24. The summed E-state index contributed by atoms with van der Waals surface area (Å²) in [5.41, 5.74) is 0. The van der Waals surface area contributed by atoms with Gasteiger partial charge in [0, 0.05) is 18.3 Å². The van der Waals surface area contributed by atoms with Crippen molar-refractivity contribution in [2.45, 2.75) is 31.4 Å². The van der Waals surface area contributed by atoms with E-state index < -0.39 is 0 Å². The summed E-state index contributed by atoms with van der Waals surface area (Å²) in [6.07, 6.45) is 2.17. The fraction of sp³-hybridized carbons (Fsp3) is 0.889. The molecule has 1 unspecified atom stereocenters. The fourth-order valence-electron chi connectivity index (χ4n) is 0.868. The second-order valence-electron chi connectivity index (χ2n) is 2.87. The van der Waals surface area contributed by atoms with Crippen molar-refractivity contribution in [1.29, 1.82) is 0 Å². The third-order valence-corrected chi connectivity index (χ3v) is 3.02. The SMILES string of the molecule is COC(=O)CCCSC(C)CCO. The summed E-state index contributed by atoms with van der Waals surface area (Å²) in [5, 5.41) is 9.11. The smallest absolute Gasteiger partial charge is 0.305 e. The van der Waals surface area contributed by atoms with Gasteiger partial charge < -0.3 is 9.84 Å². The second kappa shape index (κ2) is 8.38. The van der Waals surface area contributed by atoms with Crippen molar-refractivity contribution in [3.05, 3.63) is 0 Å². The molecule has 0 rings (SSSR count). The highest BCUT2D eigenvalue weighted by atomic mass is 32.2. The number of carbonyl (C=O) groups excluding carboxylic acids is 1. The van der Waals surface area contributed by atoms with Crippen LogP contribution in [0.15, 0.2) is 0 Å². The first-order valence-corrected chi connectivity index (χ1v) is 5.55. The minimum absolute atomic E-state index is 0.143. The molecular formula is C9H18O3S. The molecule has 78 valence electrons. The van der Waals surface area contributed by atoms with Gasteiger partial charge in [-0.1, -0.05) is 6.92 Å². The van der Waals surface area contributed by atoms with Crippen molar-refractivity contribution in [3.63, 3.8) is 0 Å². The van der Waals surface area contributed by atoms with E-state index in [2.05, 4.69) is 11.7 Å². The molecule has 0 aliphatic heterocycles. The van der Waals surface area contributed by atoms with Gasteiger partial charge in [-0.15, -0.1) is 0 Å². The maximum atomic E-state index is 10.7. The Balaban J connectivity index is 3.20. The van der Waals surface area contributed by atoms with Crippen LogP contribution in [-0.2, 0) is 9.53 Å². The average Bonchev–Trinajstić information content (AvgIpc) is 2.12. The number of hydrogen-bond acceptors (Lipinski definition) is 4. The van der Waals surface area contributed by atoms with E-state index in [1.807, 2.05) is 0 Å². The van der Waals surface area contributed by atoms with Gasteiger partial charge >= 0.3 is 5.97 Å². The first-order valence-electron chi connectivity index (χ1n) is 4.50. The summed E-state index contributed by atoms with van der Waals surface area (Å²) >= 11 is 1.79. The number of thioether (sulfide) groups is 1. The molecule has 1 N–H and O–H groups in total. The molecule has 0 aromatic heterocycles. The summed E-state index contributed by atoms with van der Waals surface area (Å²) in [7, 11) is 1.41. The normalized spacial score (nSPS) is 12.5. The molecule has 0 amide bonds. The molecule has 3 nitrogen and oxygen atoms in total. The minimum atomic E-state index is -0.143. The van der Waals surface area contributed by atoms with E-state index in [0.29, 0.717) is 11.7 Å². The van der Waals surface area contributed by atoms with Crippen LogP contribution in [0.1, 0.15) is 26.2 Å². The number of methoxy groups -OCH3 is 1. The Morgan fingerprint density at radius 1 is 1.62 bits per heavy atom. The summed E-state index contributed by atoms with van der Waals surface area (Å²) in [6, 6.07) is 0. The number of rotatable bonds is 7. The van der Waals surface area contributed by atoms with Gasteiger partial charge in [0.05, 0.1) is 7.11 Å². The topological polar surface area (TPSA) is 46.5 Å². The number of ether oxygens (including phenoxy) is 1. The van der Waals surface area contributed by atoms with E-state index in [1.165, 1.54) is 7.11 Å². The highest BCUT2D eigenvalue weighted by Crippen LogP contribution is 2.15. The second-order valence-corrected chi connectivity index (χ2v) is 4.42. The van der Waals surface area contributed by atoms with E-state index in [1.54, 1.807) is 11.8 Å². The third kappa shape index (κ3) is 8.12. The molecule has 0 fully saturated rings. The molecule has 0 radical (unpaired) electrons.